The smallest absolute Gasteiger partial charge is 0.744 e. The number of nitrogens with zero attached hydrogens (tertiary/aromatic N) is 3. The summed E-state index contributed by atoms with van der Waals surface area (Å²) in [4.78, 5) is 9.47. The minimum atomic E-state index is -5.07. The van der Waals surface area contributed by atoms with Crippen LogP contribution in [0.1, 0.15) is 0 Å². The Labute approximate surface area is 203 Å². The van der Waals surface area contributed by atoms with E-state index in [1.165, 1.54) is 6.07 Å². The van der Waals surface area contributed by atoms with Gasteiger partial charge in [0.25, 0.3) is 5.69 Å². The molecule has 0 atom stereocenters. The van der Waals surface area contributed by atoms with Crippen LogP contribution in [0.25, 0.3) is 21.5 Å². The van der Waals surface area contributed by atoms with Crippen molar-refractivity contribution in [2.24, 2.45) is 10.2 Å². The molecule has 0 aliphatic heterocycles. The summed E-state index contributed by atoms with van der Waals surface area (Å²) < 4.78 is 35.3. The van der Waals surface area contributed by atoms with Crippen molar-refractivity contribution < 1.29 is 57.7 Å². The summed E-state index contributed by atoms with van der Waals surface area (Å²) in [7, 11) is -5.07. The third-order valence-electron chi connectivity index (χ3n) is 4.65. The van der Waals surface area contributed by atoms with E-state index in [0.29, 0.717) is 5.39 Å². The Bertz CT molecular complexity index is 1520. The summed E-state index contributed by atoms with van der Waals surface area (Å²) >= 11 is 0. The molecule has 12 heteroatoms. The van der Waals surface area contributed by atoms with Gasteiger partial charge in [-0.3, -0.25) is 10.1 Å². The summed E-state index contributed by atoms with van der Waals surface area (Å²) in [5.41, 5.74) is -0.734. The number of rotatable bonds is 4. The Kier molecular flexibility index (Phi) is 6.49. The number of fused-ring (bicyclic) bond motifs is 2. The first kappa shape index (κ1) is 23.6. The maximum absolute atomic E-state index is 11.8. The first-order valence-corrected chi connectivity index (χ1v) is 10.1. The molecule has 0 aromatic heterocycles. The van der Waals surface area contributed by atoms with Gasteiger partial charge in [0.15, 0.2) is 5.75 Å². The minimum absolute atomic E-state index is 0. The molecule has 0 aliphatic carbocycles. The van der Waals surface area contributed by atoms with Crippen molar-refractivity contribution in [2.75, 3.05) is 0 Å². The largest absolute Gasteiger partial charge is 1.00 e. The third kappa shape index (κ3) is 4.29. The van der Waals surface area contributed by atoms with Gasteiger partial charge in [0.1, 0.15) is 27.2 Å². The number of nitro benzene ring substituents is 1. The Morgan fingerprint density at radius 3 is 2.28 bits per heavy atom. The molecule has 4 aromatic rings. The van der Waals surface area contributed by atoms with Crippen LogP contribution in [0.15, 0.2) is 75.8 Å². The molecule has 0 saturated carbocycles. The number of hydrogen-bond acceptors (Lipinski definition) is 9. The van der Waals surface area contributed by atoms with E-state index in [1.54, 1.807) is 30.3 Å². The molecular formula is C20H12N3NaO7S. The monoisotopic (exact) mass is 461 g/mol. The molecule has 0 heterocycles. The van der Waals surface area contributed by atoms with Gasteiger partial charge in [0.05, 0.1) is 9.82 Å². The summed E-state index contributed by atoms with van der Waals surface area (Å²) in [6.45, 7) is 0. The molecule has 0 amide bonds. The van der Waals surface area contributed by atoms with Crippen molar-refractivity contribution in [3.05, 3.63) is 70.8 Å². The molecule has 0 radical (unpaired) electrons. The van der Waals surface area contributed by atoms with Gasteiger partial charge in [-0.25, -0.2) is 8.42 Å². The van der Waals surface area contributed by atoms with Crippen LogP contribution in [-0.2, 0) is 10.1 Å². The van der Waals surface area contributed by atoms with Crippen molar-refractivity contribution >= 4 is 48.7 Å². The van der Waals surface area contributed by atoms with E-state index in [1.807, 2.05) is 0 Å². The molecule has 0 spiro atoms. The average Bonchev–Trinajstić information content (AvgIpc) is 2.73. The molecule has 0 unspecified atom stereocenters. The number of hydrogen-bond donors (Lipinski definition) is 2. The normalized spacial score (nSPS) is 11.7. The van der Waals surface area contributed by atoms with Crippen molar-refractivity contribution in [3.63, 3.8) is 0 Å². The molecule has 4 aromatic carbocycles. The molecule has 156 valence electrons. The van der Waals surface area contributed by atoms with Gasteiger partial charge in [0, 0.05) is 28.3 Å². The average molecular weight is 461 g/mol. The van der Waals surface area contributed by atoms with Crippen molar-refractivity contribution in [1.82, 2.24) is 0 Å². The zero-order chi connectivity index (χ0) is 22.3. The predicted octanol–water partition coefficient (Wildman–Crippen LogP) is 1.64. The van der Waals surface area contributed by atoms with Gasteiger partial charge in [-0.15, -0.1) is 10.2 Å². The zero-order valence-electron chi connectivity index (χ0n) is 16.5. The topological polar surface area (TPSA) is 166 Å². The molecule has 32 heavy (non-hydrogen) atoms. The molecule has 0 bridgehead atoms. The van der Waals surface area contributed by atoms with Gasteiger partial charge in [-0.1, -0.05) is 30.3 Å². The van der Waals surface area contributed by atoms with Crippen LogP contribution in [-0.4, -0.2) is 28.1 Å². The van der Waals surface area contributed by atoms with E-state index in [-0.39, 0.29) is 57.5 Å². The standard InChI is InChI=1S/C20H13N3O7S.Na/c24-17-8-5-11-3-1-2-4-13(11)19(17)22-21-16-10-18(31(28,29)30)15-9-12(23(26)27)6-7-14(15)20(16)25;/h1-10,24-25H,(H,28,29,30);/q;+1/p-1. The zero-order valence-corrected chi connectivity index (χ0v) is 19.3. The van der Waals surface area contributed by atoms with Crippen molar-refractivity contribution in [1.29, 1.82) is 0 Å². The number of benzene rings is 4. The Balaban J connectivity index is 0.00000289. The van der Waals surface area contributed by atoms with Crippen LogP contribution in [0.5, 0.6) is 11.5 Å². The Morgan fingerprint density at radius 1 is 0.875 bits per heavy atom. The van der Waals surface area contributed by atoms with Crippen molar-refractivity contribution in [2.45, 2.75) is 4.90 Å². The number of phenols is 2. The second-order valence-electron chi connectivity index (χ2n) is 6.54. The molecule has 0 saturated heterocycles. The second-order valence-corrected chi connectivity index (χ2v) is 7.89. The number of aromatic hydroxyl groups is 2. The van der Waals surface area contributed by atoms with Crippen LogP contribution >= 0.6 is 0 Å². The van der Waals surface area contributed by atoms with Gasteiger partial charge >= 0.3 is 29.6 Å². The number of azo groups is 1. The molecule has 0 aliphatic rings. The van der Waals surface area contributed by atoms with Crippen LogP contribution in [0, 0.1) is 10.1 Å². The van der Waals surface area contributed by atoms with Crippen molar-refractivity contribution in [3.8, 4) is 11.5 Å². The summed E-state index contributed by atoms with van der Waals surface area (Å²) in [6.07, 6.45) is 0. The first-order chi connectivity index (χ1) is 14.7. The molecule has 4 rings (SSSR count). The molecule has 10 nitrogen and oxygen atoms in total. The van der Waals surface area contributed by atoms with Crippen LogP contribution in [0.4, 0.5) is 17.1 Å². The van der Waals surface area contributed by atoms with Crippen LogP contribution < -0.4 is 29.6 Å². The number of non-ortho nitro benzene ring substituents is 1. The van der Waals surface area contributed by atoms with Gasteiger partial charge in [-0.2, -0.15) is 0 Å². The van der Waals surface area contributed by atoms with Crippen LogP contribution in [0.2, 0.25) is 0 Å². The quantitative estimate of drug-likeness (QED) is 0.153. The SMILES string of the molecule is O=[N+]([O-])c1ccc2c(O)c(N=Nc3c(O)ccc4ccccc34)cc(S(=O)(=O)[O-])c2c1.[Na+]. The summed E-state index contributed by atoms with van der Waals surface area (Å²) in [5.74, 6) is -0.726. The van der Waals surface area contributed by atoms with Gasteiger partial charge in [0.2, 0.25) is 0 Å². The summed E-state index contributed by atoms with van der Waals surface area (Å²) in [6, 6.07) is 13.9. The first-order valence-electron chi connectivity index (χ1n) is 8.69. The Hall–Kier alpha value is -3.09. The van der Waals surface area contributed by atoms with E-state index >= 15 is 0 Å². The summed E-state index contributed by atoms with van der Waals surface area (Å²) in [5, 5.41) is 40.4. The molecule has 0 fully saturated rings. The van der Waals surface area contributed by atoms with Crippen LogP contribution in [0.3, 0.4) is 0 Å². The predicted molar refractivity (Wildman–Crippen MR) is 110 cm³/mol. The number of phenolic OH excluding ortho intramolecular Hbond substituents is 2. The van der Waals surface area contributed by atoms with E-state index in [4.69, 9.17) is 0 Å². The van der Waals surface area contributed by atoms with E-state index in [9.17, 15) is 33.3 Å². The second kappa shape index (κ2) is 8.81. The third-order valence-corrected chi connectivity index (χ3v) is 5.53. The fourth-order valence-corrected chi connectivity index (χ4v) is 3.89. The van der Waals surface area contributed by atoms with E-state index in [0.717, 1.165) is 29.7 Å². The maximum Gasteiger partial charge on any atom is 1.00 e. The number of nitro groups is 1. The molecule has 2 N–H and O–H groups in total. The van der Waals surface area contributed by atoms with Gasteiger partial charge < -0.3 is 14.8 Å². The molecular weight excluding hydrogens is 449 g/mol. The van der Waals surface area contributed by atoms with E-state index in [2.05, 4.69) is 10.2 Å². The maximum atomic E-state index is 11.8. The minimum Gasteiger partial charge on any atom is -0.744 e. The van der Waals surface area contributed by atoms with Gasteiger partial charge in [-0.05, 0) is 23.6 Å². The fourth-order valence-electron chi connectivity index (χ4n) is 3.20. The fraction of sp³-hybridized carbons (Fsp3) is 0. The Morgan fingerprint density at radius 2 is 1.59 bits per heavy atom. The van der Waals surface area contributed by atoms with E-state index < -0.39 is 31.4 Å².